The number of nitrogens with one attached hydrogen (secondary N) is 2. The van der Waals surface area contributed by atoms with Crippen LogP contribution in [0.15, 0.2) is 11.5 Å². The average Bonchev–Trinajstić information content (AvgIpc) is 3.03. The van der Waals surface area contributed by atoms with Gasteiger partial charge in [0.25, 0.3) is 0 Å². The van der Waals surface area contributed by atoms with E-state index < -0.39 is 0 Å². The minimum Gasteiger partial charge on any atom is -0.379 e. The van der Waals surface area contributed by atoms with E-state index in [1.807, 2.05) is 0 Å². The number of thioether (sulfide) groups is 1. The van der Waals surface area contributed by atoms with Gasteiger partial charge < -0.3 is 10.1 Å². The van der Waals surface area contributed by atoms with E-state index in [2.05, 4.69) is 32.3 Å². The number of nitrogens with zero attached hydrogens (tertiary/aromatic N) is 3. The number of aromatic nitrogens is 3. The lowest BCUT2D eigenvalue weighted by Crippen LogP contribution is -2.42. The predicted molar refractivity (Wildman–Crippen MR) is 81.2 cm³/mol. The first-order valence-electron chi connectivity index (χ1n) is 7.32. The number of H-pyrrole nitrogens is 1. The van der Waals surface area contributed by atoms with Crippen molar-refractivity contribution in [2.75, 3.05) is 38.6 Å². The van der Waals surface area contributed by atoms with Gasteiger partial charge in [-0.25, -0.2) is 4.98 Å². The number of hydrogen-bond acceptors (Lipinski definition) is 6. The van der Waals surface area contributed by atoms with Crippen molar-refractivity contribution in [3.8, 4) is 0 Å². The highest BCUT2D eigenvalue weighted by atomic mass is 32.2. The zero-order valence-corrected chi connectivity index (χ0v) is 13.2. The van der Waals surface area contributed by atoms with Crippen LogP contribution in [0.25, 0.3) is 0 Å². The highest BCUT2D eigenvalue weighted by molar-refractivity contribution is 7.99. The zero-order chi connectivity index (χ0) is 14.9. The van der Waals surface area contributed by atoms with Crippen molar-refractivity contribution in [2.24, 2.45) is 0 Å². The van der Waals surface area contributed by atoms with Crippen LogP contribution in [-0.2, 0) is 9.53 Å². The average molecular weight is 313 g/mol. The van der Waals surface area contributed by atoms with E-state index in [4.69, 9.17) is 4.74 Å². The van der Waals surface area contributed by atoms with Gasteiger partial charge in [0.15, 0.2) is 5.16 Å². The fourth-order valence-electron chi connectivity index (χ4n) is 2.23. The Labute approximate surface area is 129 Å². The van der Waals surface area contributed by atoms with E-state index in [1.165, 1.54) is 6.33 Å². The van der Waals surface area contributed by atoms with Crippen LogP contribution in [0.5, 0.6) is 0 Å². The second-order valence-electron chi connectivity index (χ2n) is 5.03. The summed E-state index contributed by atoms with van der Waals surface area (Å²) in [5.41, 5.74) is 0. The lowest BCUT2D eigenvalue weighted by Gasteiger charge is -2.32. The smallest absolute Gasteiger partial charge is 0.220 e. The van der Waals surface area contributed by atoms with Gasteiger partial charge in [-0.2, -0.15) is 5.10 Å². The minimum absolute atomic E-state index is 0.119. The van der Waals surface area contributed by atoms with E-state index in [0.717, 1.165) is 43.6 Å². The Morgan fingerprint density at radius 1 is 1.57 bits per heavy atom. The number of carbonyl (C=O) groups is 1. The fraction of sp³-hybridized carbons (Fsp3) is 0.769. The van der Waals surface area contributed by atoms with Gasteiger partial charge >= 0.3 is 0 Å². The number of carbonyl (C=O) groups excluding carboxylic acids is 1. The Morgan fingerprint density at radius 2 is 2.38 bits per heavy atom. The Balaban J connectivity index is 1.52. The molecule has 1 aromatic heterocycles. The number of aromatic amines is 1. The molecule has 118 valence electrons. The van der Waals surface area contributed by atoms with Gasteiger partial charge in [-0.15, -0.1) is 0 Å². The lowest BCUT2D eigenvalue weighted by molar-refractivity contribution is -0.121. The third-order valence-electron chi connectivity index (χ3n) is 3.51. The first-order chi connectivity index (χ1) is 10.3. The number of hydrogen-bond donors (Lipinski definition) is 2. The molecule has 7 nitrogen and oxygen atoms in total. The minimum atomic E-state index is 0.119. The van der Waals surface area contributed by atoms with Crippen molar-refractivity contribution in [1.29, 1.82) is 0 Å². The molecule has 1 amide bonds. The molecule has 2 heterocycles. The highest BCUT2D eigenvalue weighted by Crippen LogP contribution is 2.10. The molecule has 1 atom stereocenters. The van der Waals surface area contributed by atoms with Crippen molar-refractivity contribution in [3.05, 3.63) is 6.33 Å². The maximum Gasteiger partial charge on any atom is 0.220 e. The first-order valence-corrected chi connectivity index (χ1v) is 8.31. The Bertz CT molecular complexity index is 409. The molecular weight excluding hydrogens is 290 g/mol. The van der Waals surface area contributed by atoms with E-state index in [0.29, 0.717) is 19.0 Å². The maximum atomic E-state index is 11.8. The van der Waals surface area contributed by atoms with E-state index >= 15 is 0 Å². The van der Waals surface area contributed by atoms with Crippen LogP contribution in [0, 0.1) is 0 Å². The first kappa shape index (κ1) is 16.3. The van der Waals surface area contributed by atoms with E-state index in [-0.39, 0.29) is 5.91 Å². The van der Waals surface area contributed by atoms with Gasteiger partial charge in [0.05, 0.1) is 13.2 Å². The van der Waals surface area contributed by atoms with Crippen molar-refractivity contribution in [1.82, 2.24) is 25.4 Å². The molecule has 1 aliphatic rings. The van der Waals surface area contributed by atoms with Crippen LogP contribution in [-0.4, -0.2) is 70.6 Å². The van der Waals surface area contributed by atoms with Gasteiger partial charge in [-0.05, 0) is 13.3 Å². The molecule has 1 fully saturated rings. The molecular formula is C13H23N5O2S. The van der Waals surface area contributed by atoms with Crippen LogP contribution >= 0.6 is 11.8 Å². The van der Waals surface area contributed by atoms with Gasteiger partial charge in [-0.1, -0.05) is 11.8 Å². The molecule has 1 aromatic rings. The standard InChI is InChI=1S/C13H23N5O2S/c1-11(18-5-7-20-8-6-18)2-3-12(19)14-4-9-21-13-15-10-16-17-13/h10-11H,2-9H2,1H3,(H,14,19)(H,15,16,17). The lowest BCUT2D eigenvalue weighted by atomic mass is 10.1. The number of rotatable bonds is 8. The van der Waals surface area contributed by atoms with Crippen LogP contribution < -0.4 is 5.32 Å². The molecule has 0 aromatic carbocycles. The number of ether oxygens (including phenoxy) is 1. The van der Waals surface area contributed by atoms with E-state index in [1.54, 1.807) is 11.8 Å². The third-order valence-corrected chi connectivity index (χ3v) is 4.39. The molecule has 0 bridgehead atoms. The summed E-state index contributed by atoms with van der Waals surface area (Å²) in [5.74, 6) is 0.910. The molecule has 0 radical (unpaired) electrons. The zero-order valence-electron chi connectivity index (χ0n) is 12.4. The largest absolute Gasteiger partial charge is 0.379 e. The van der Waals surface area contributed by atoms with Crippen LogP contribution in [0.3, 0.4) is 0 Å². The molecule has 1 aliphatic heterocycles. The summed E-state index contributed by atoms with van der Waals surface area (Å²) in [6.45, 7) is 6.37. The molecule has 21 heavy (non-hydrogen) atoms. The molecule has 0 spiro atoms. The summed E-state index contributed by atoms with van der Waals surface area (Å²) < 4.78 is 5.34. The van der Waals surface area contributed by atoms with Crippen LogP contribution in [0.2, 0.25) is 0 Å². The molecule has 1 saturated heterocycles. The Kier molecular flexibility index (Phi) is 6.98. The molecule has 8 heteroatoms. The Hall–Kier alpha value is -1.12. The predicted octanol–water partition coefficient (Wildman–Crippen LogP) is 0.514. The summed E-state index contributed by atoms with van der Waals surface area (Å²) in [5, 5.41) is 10.3. The topological polar surface area (TPSA) is 83.1 Å². The quantitative estimate of drug-likeness (QED) is 0.537. The van der Waals surface area contributed by atoms with Crippen LogP contribution in [0.4, 0.5) is 0 Å². The molecule has 2 N–H and O–H groups in total. The van der Waals surface area contributed by atoms with Crippen molar-refractivity contribution in [2.45, 2.75) is 31.0 Å². The summed E-state index contributed by atoms with van der Waals surface area (Å²) >= 11 is 1.55. The number of amides is 1. The third kappa shape index (κ3) is 6.03. The van der Waals surface area contributed by atoms with Crippen molar-refractivity contribution in [3.63, 3.8) is 0 Å². The van der Waals surface area contributed by atoms with Gasteiger partial charge in [0, 0.05) is 37.8 Å². The Morgan fingerprint density at radius 3 is 3.10 bits per heavy atom. The normalized spacial score (nSPS) is 17.6. The molecule has 0 saturated carbocycles. The van der Waals surface area contributed by atoms with E-state index in [9.17, 15) is 4.79 Å². The van der Waals surface area contributed by atoms with Gasteiger partial charge in [0.2, 0.25) is 5.91 Å². The van der Waals surface area contributed by atoms with Gasteiger partial charge in [0.1, 0.15) is 6.33 Å². The molecule has 1 unspecified atom stereocenters. The fourth-order valence-corrected chi connectivity index (χ4v) is 2.87. The second-order valence-corrected chi connectivity index (χ2v) is 6.11. The second kappa shape index (κ2) is 9.01. The highest BCUT2D eigenvalue weighted by Gasteiger charge is 2.17. The molecule has 0 aliphatic carbocycles. The monoisotopic (exact) mass is 313 g/mol. The summed E-state index contributed by atoms with van der Waals surface area (Å²) in [4.78, 5) is 18.2. The molecule has 2 rings (SSSR count). The summed E-state index contributed by atoms with van der Waals surface area (Å²) in [6, 6.07) is 0.434. The number of morpholine rings is 1. The van der Waals surface area contributed by atoms with Gasteiger partial charge in [-0.3, -0.25) is 14.8 Å². The van der Waals surface area contributed by atoms with Crippen molar-refractivity contribution < 1.29 is 9.53 Å². The SMILES string of the molecule is CC(CCC(=O)NCCSc1ncn[nH]1)N1CCOCC1. The van der Waals surface area contributed by atoms with Crippen LogP contribution in [0.1, 0.15) is 19.8 Å². The maximum absolute atomic E-state index is 11.8. The summed E-state index contributed by atoms with van der Waals surface area (Å²) in [7, 11) is 0. The summed E-state index contributed by atoms with van der Waals surface area (Å²) in [6.07, 6.45) is 2.94. The van der Waals surface area contributed by atoms with Crippen molar-refractivity contribution >= 4 is 17.7 Å².